The summed E-state index contributed by atoms with van der Waals surface area (Å²) in [5.41, 5.74) is 1.57. The summed E-state index contributed by atoms with van der Waals surface area (Å²) in [6.45, 7) is 0.0511. The Morgan fingerprint density at radius 3 is 2.39 bits per heavy atom. The Labute approximate surface area is 161 Å². The van der Waals surface area contributed by atoms with E-state index in [1.807, 2.05) is 30.3 Å². The highest BCUT2D eigenvalue weighted by Gasteiger charge is 2.36. The van der Waals surface area contributed by atoms with Gasteiger partial charge in [-0.3, -0.25) is 24.1 Å². The van der Waals surface area contributed by atoms with Gasteiger partial charge in [-0.15, -0.1) is 0 Å². The van der Waals surface area contributed by atoms with Gasteiger partial charge in [-0.2, -0.15) is 0 Å². The molecule has 1 heterocycles. The average molecular weight is 377 g/mol. The van der Waals surface area contributed by atoms with Crippen molar-refractivity contribution in [2.75, 3.05) is 6.54 Å². The van der Waals surface area contributed by atoms with Crippen molar-refractivity contribution in [3.05, 3.63) is 70.8 Å². The predicted molar refractivity (Wildman–Crippen MR) is 101 cm³/mol. The number of hydrogen-bond donors (Lipinski definition) is 2. The van der Waals surface area contributed by atoms with Crippen LogP contribution in [0.2, 0.25) is 0 Å². The maximum Gasteiger partial charge on any atom is 0.261 e. The average Bonchev–Trinajstić information content (AvgIpc) is 3.49. The van der Waals surface area contributed by atoms with Gasteiger partial charge in [0.25, 0.3) is 17.7 Å². The van der Waals surface area contributed by atoms with Crippen molar-refractivity contribution in [3.8, 4) is 0 Å². The molecule has 7 nitrogen and oxygen atoms in total. The van der Waals surface area contributed by atoms with Gasteiger partial charge in [-0.25, -0.2) is 0 Å². The van der Waals surface area contributed by atoms with E-state index in [2.05, 4.69) is 10.6 Å². The Morgan fingerprint density at radius 2 is 1.68 bits per heavy atom. The van der Waals surface area contributed by atoms with Crippen molar-refractivity contribution in [1.29, 1.82) is 0 Å². The highest BCUT2D eigenvalue weighted by Crippen LogP contribution is 2.25. The van der Waals surface area contributed by atoms with Gasteiger partial charge in [-0.05, 0) is 36.6 Å². The first-order chi connectivity index (χ1) is 13.5. The molecular weight excluding hydrogens is 358 g/mol. The molecule has 28 heavy (non-hydrogen) atoms. The van der Waals surface area contributed by atoms with Crippen molar-refractivity contribution >= 4 is 23.6 Å². The van der Waals surface area contributed by atoms with Crippen LogP contribution in [0, 0.1) is 0 Å². The summed E-state index contributed by atoms with van der Waals surface area (Å²) >= 11 is 0. The van der Waals surface area contributed by atoms with E-state index in [4.69, 9.17) is 0 Å². The van der Waals surface area contributed by atoms with E-state index in [1.165, 1.54) is 23.1 Å². The first-order valence-corrected chi connectivity index (χ1v) is 9.14. The monoisotopic (exact) mass is 377 g/mol. The fraction of sp³-hybridized carbons (Fsp3) is 0.238. The maximum atomic E-state index is 12.7. The van der Waals surface area contributed by atoms with Crippen LogP contribution in [-0.4, -0.2) is 41.1 Å². The number of hydrogen-bond acceptors (Lipinski definition) is 4. The van der Waals surface area contributed by atoms with E-state index >= 15 is 0 Å². The van der Waals surface area contributed by atoms with Crippen molar-refractivity contribution in [2.45, 2.75) is 25.4 Å². The first kappa shape index (κ1) is 17.9. The molecule has 4 amide bonds. The second kappa shape index (κ2) is 7.26. The third-order valence-electron chi connectivity index (χ3n) is 4.77. The van der Waals surface area contributed by atoms with E-state index in [0.29, 0.717) is 0 Å². The molecule has 0 spiro atoms. The molecule has 2 aromatic rings. The van der Waals surface area contributed by atoms with Crippen LogP contribution in [-0.2, 0) is 11.3 Å². The van der Waals surface area contributed by atoms with Gasteiger partial charge < -0.3 is 10.6 Å². The molecule has 1 aliphatic carbocycles. The molecule has 1 saturated carbocycles. The molecule has 0 atom stereocenters. The van der Waals surface area contributed by atoms with Gasteiger partial charge in [0.05, 0.1) is 24.2 Å². The van der Waals surface area contributed by atoms with Crippen LogP contribution in [0.1, 0.15) is 49.5 Å². The Morgan fingerprint density at radius 1 is 0.964 bits per heavy atom. The summed E-state index contributed by atoms with van der Waals surface area (Å²) in [5, 5.41) is 5.32. The Bertz CT molecular complexity index is 967. The topological polar surface area (TPSA) is 95.6 Å². The van der Waals surface area contributed by atoms with Gasteiger partial charge in [0.15, 0.2) is 0 Å². The van der Waals surface area contributed by atoms with Crippen LogP contribution < -0.4 is 10.6 Å². The van der Waals surface area contributed by atoms with Gasteiger partial charge in [-0.1, -0.05) is 30.3 Å². The number of imide groups is 1. The Balaban J connectivity index is 1.45. The molecule has 0 radical (unpaired) electrons. The summed E-state index contributed by atoms with van der Waals surface area (Å²) in [7, 11) is 0. The molecule has 2 aliphatic rings. The second-order valence-electron chi connectivity index (χ2n) is 6.97. The number of carbonyl (C=O) groups is 4. The highest BCUT2D eigenvalue weighted by molar-refractivity contribution is 6.22. The standard InChI is InChI=1S/C21H19N3O4/c25-18(23-15-7-8-15)11-22-19(26)14-6-9-16-17(10-14)21(28)24(20(16)27)12-13-4-2-1-3-5-13/h1-6,9-10,15H,7-8,11-12H2,(H,22,26)(H,23,25). The van der Waals surface area contributed by atoms with Gasteiger partial charge in [0.2, 0.25) is 5.91 Å². The van der Waals surface area contributed by atoms with Crippen LogP contribution in [0.15, 0.2) is 48.5 Å². The van der Waals surface area contributed by atoms with Crippen LogP contribution >= 0.6 is 0 Å². The zero-order valence-corrected chi connectivity index (χ0v) is 15.1. The molecule has 2 N–H and O–H groups in total. The molecule has 0 saturated heterocycles. The number of carbonyl (C=O) groups excluding carboxylic acids is 4. The molecule has 0 bridgehead atoms. The van der Waals surface area contributed by atoms with Crippen LogP contribution in [0.4, 0.5) is 0 Å². The van der Waals surface area contributed by atoms with E-state index in [9.17, 15) is 19.2 Å². The number of fused-ring (bicyclic) bond motifs is 1. The van der Waals surface area contributed by atoms with Gasteiger partial charge in [0.1, 0.15) is 0 Å². The number of nitrogens with one attached hydrogen (secondary N) is 2. The summed E-state index contributed by atoms with van der Waals surface area (Å²) in [6, 6.07) is 13.8. The number of nitrogens with zero attached hydrogens (tertiary/aromatic N) is 1. The molecule has 1 fully saturated rings. The van der Waals surface area contributed by atoms with Crippen LogP contribution in [0.25, 0.3) is 0 Å². The van der Waals surface area contributed by atoms with Crippen molar-refractivity contribution < 1.29 is 19.2 Å². The SMILES string of the molecule is O=C(CNC(=O)c1ccc2c(c1)C(=O)N(Cc1ccccc1)C2=O)NC1CC1. The second-order valence-corrected chi connectivity index (χ2v) is 6.97. The van der Waals surface area contributed by atoms with Gasteiger partial charge in [0, 0.05) is 11.6 Å². The van der Waals surface area contributed by atoms with Crippen molar-refractivity contribution in [1.82, 2.24) is 15.5 Å². The van der Waals surface area contributed by atoms with Gasteiger partial charge >= 0.3 is 0 Å². The molecule has 4 rings (SSSR count). The molecule has 2 aromatic carbocycles. The van der Waals surface area contributed by atoms with E-state index in [0.717, 1.165) is 18.4 Å². The number of amides is 4. The summed E-state index contributed by atoms with van der Waals surface area (Å²) in [4.78, 5) is 50.4. The fourth-order valence-electron chi connectivity index (χ4n) is 3.11. The largest absolute Gasteiger partial charge is 0.352 e. The van der Waals surface area contributed by atoms with E-state index in [1.54, 1.807) is 0 Å². The summed E-state index contributed by atoms with van der Waals surface area (Å²) in [6.07, 6.45) is 1.94. The molecule has 1 aliphatic heterocycles. The summed E-state index contributed by atoms with van der Waals surface area (Å²) in [5.74, 6) is -1.50. The van der Waals surface area contributed by atoms with Crippen molar-refractivity contribution in [2.24, 2.45) is 0 Å². The lowest BCUT2D eigenvalue weighted by Crippen LogP contribution is -2.37. The minimum Gasteiger partial charge on any atom is -0.352 e. The lowest BCUT2D eigenvalue weighted by Gasteiger charge is -2.13. The smallest absolute Gasteiger partial charge is 0.261 e. The molecule has 7 heteroatoms. The summed E-state index contributed by atoms with van der Waals surface area (Å²) < 4.78 is 0. The minimum absolute atomic E-state index is 0.126. The van der Waals surface area contributed by atoms with Crippen molar-refractivity contribution in [3.63, 3.8) is 0 Å². The quantitative estimate of drug-likeness (QED) is 0.746. The van der Waals surface area contributed by atoms with Crippen LogP contribution in [0.5, 0.6) is 0 Å². The highest BCUT2D eigenvalue weighted by atomic mass is 16.2. The van der Waals surface area contributed by atoms with E-state index in [-0.39, 0.29) is 47.6 Å². The predicted octanol–water partition coefficient (Wildman–Crippen LogP) is 1.49. The maximum absolute atomic E-state index is 12.7. The minimum atomic E-state index is -0.462. The zero-order valence-electron chi connectivity index (χ0n) is 15.1. The molecule has 0 unspecified atom stereocenters. The lowest BCUT2D eigenvalue weighted by molar-refractivity contribution is -0.120. The Hall–Kier alpha value is -3.48. The first-order valence-electron chi connectivity index (χ1n) is 9.14. The number of rotatable bonds is 6. The number of benzene rings is 2. The van der Waals surface area contributed by atoms with E-state index < -0.39 is 11.8 Å². The zero-order chi connectivity index (χ0) is 19.7. The third-order valence-corrected chi connectivity index (χ3v) is 4.77. The molecular formula is C21H19N3O4. The van der Waals surface area contributed by atoms with Crippen LogP contribution in [0.3, 0.4) is 0 Å². The Kier molecular flexibility index (Phi) is 4.65. The molecule has 0 aromatic heterocycles. The lowest BCUT2D eigenvalue weighted by atomic mass is 10.1. The third kappa shape index (κ3) is 3.64. The fourth-order valence-corrected chi connectivity index (χ4v) is 3.11. The normalized spacial score (nSPS) is 15.4. The molecule has 142 valence electrons.